The molecule has 12 heavy (non-hydrogen) atoms. The predicted molar refractivity (Wildman–Crippen MR) is 87.6 cm³/mol. The molecule has 3 heterocycles. The fourth-order valence-corrected chi connectivity index (χ4v) is 205. The monoisotopic (exact) mass is 380 g/mol. The van der Waals surface area contributed by atoms with Crippen molar-refractivity contribution in [2.45, 2.75) is 0 Å². The fourth-order valence-electron chi connectivity index (χ4n) is 0.904. The summed E-state index contributed by atoms with van der Waals surface area (Å²) in [5.74, 6) is 0. The molecule has 3 atom stereocenters. The Balaban J connectivity index is 2.56. The van der Waals surface area contributed by atoms with Gasteiger partial charge in [-0.2, -0.15) is 0 Å². The maximum atomic E-state index is 5.54. The molecular weight excluding hydrogens is 379 g/mol. The molecule has 0 saturated carbocycles. The summed E-state index contributed by atoms with van der Waals surface area (Å²) in [6, 6.07) is -0.282. The Labute approximate surface area is 95.2 Å². The molecule has 3 aliphatic heterocycles. The zero-order chi connectivity index (χ0) is 8.34. The molecule has 0 radical (unpaired) electrons. The van der Waals surface area contributed by atoms with Crippen LogP contribution in [0.5, 0.6) is 0 Å². The van der Waals surface area contributed by atoms with Crippen molar-refractivity contribution in [2.24, 2.45) is 0 Å². The van der Waals surface area contributed by atoms with Gasteiger partial charge in [0.2, 0.25) is 0 Å². The van der Waals surface area contributed by atoms with Gasteiger partial charge in [-0.15, -0.1) is 0 Å². The molecule has 0 aliphatic carbocycles. The molecule has 0 aromatic carbocycles. The Hall–Kier alpha value is 3.17. The second-order valence-corrected chi connectivity index (χ2v) is 55.1. The zero-order valence-corrected chi connectivity index (χ0v) is 15.4. The zero-order valence-electron chi connectivity index (χ0n) is 5.15. The Morgan fingerprint density at radius 2 is 2.17 bits per heavy atom. The van der Waals surface area contributed by atoms with Crippen molar-refractivity contribution in [1.29, 1.82) is 0 Å². The summed E-state index contributed by atoms with van der Waals surface area (Å²) < 4.78 is 0. The summed E-state index contributed by atoms with van der Waals surface area (Å²) in [4.78, 5) is 0. The first-order valence-electron chi connectivity index (χ1n) is 2.68. The van der Waals surface area contributed by atoms with Gasteiger partial charge in [0.15, 0.2) is 0 Å². The molecule has 0 aromatic heterocycles. The van der Waals surface area contributed by atoms with E-state index < -0.39 is 0 Å². The quantitative estimate of drug-likeness (QED) is 0.583. The molecule has 1 spiro atoms. The van der Waals surface area contributed by atoms with E-state index in [0.29, 0.717) is 12.9 Å². The van der Waals surface area contributed by atoms with Crippen LogP contribution in [0.3, 0.4) is 0 Å². The van der Waals surface area contributed by atoms with Gasteiger partial charge in [-0.3, -0.25) is 0 Å². The van der Waals surface area contributed by atoms with E-state index in [9.17, 15) is 0 Å². The SMILES string of the molecule is S=S=S=S=S=S(=S)=P1=P2=P3=P[PH]321. The molecular formula is HP5S7. The predicted octanol–water partition coefficient (Wildman–Crippen LogP) is 4.02. The first-order valence-corrected chi connectivity index (χ1v) is 24.1. The molecule has 0 saturated heterocycles. The van der Waals surface area contributed by atoms with Crippen molar-refractivity contribution in [3.8, 4) is 0 Å². The van der Waals surface area contributed by atoms with Crippen molar-refractivity contribution in [3.63, 3.8) is 0 Å². The Morgan fingerprint density at radius 1 is 1.42 bits per heavy atom. The van der Waals surface area contributed by atoms with E-state index in [2.05, 4.69) is 0 Å². The van der Waals surface area contributed by atoms with Crippen LogP contribution in [0, 0.1) is 0 Å². The summed E-state index contributed by atoms with van der Waals surface area (Å²) in [6.45, 7) is 0. The van der Waals surface area contributed by atoms with Gasteiger partial charge in [0.1, 0.15) is 0 Å². The van der Waals surface area contributed by atoms with E-state index in [1.807, 2.05) is 25.3 Å². The summed E-state index contributed by atoms with van der Waals surface area (Å²) in [5, 5.41) is 0. The van der Waals surface area contributed by atoms with Gasteiger partial charge in [0.25, 0.3) is 0 Å². The second-order valence-electron chi connectivity index (χ2n) is 2.04. The third-order valence-electron chi connectivity index (χ3n) is 1.54. The van der Waals surface area contributed by atoms with Gasteiger partial charge in [-0.05, 0) is 0 Å². The van der Waals surface area contributed by atoms with Crippen molar-refractivity contribution in [2.75, 3.05) is 0 Å². The van der Waals surface area contributed by atoms with Gasteiger partial charge in [-0.25, -0.2) is 0 Å². The molecule has 0 nitrogen and oxygen atoms in total. The van der Waals surface area contributed by atoms with Gasteiger partial charge >= 0.3 is 96.7 Å². The van der Waals surface area contributed by atoms with Crippen LogP contribution in [0.4, 0.5) is 0 Å². The van der Waals surface area contributed by atoms with E-state index in [-0.39, 0.29) is 6.02 Å². The third-order valence-corrected chi connectivity index (χ3v) is 108. The summed E-state index contributed by atoms with van der Waals surface area (Å²) in [7, 11) is 9.24. The van der Waals surface area contributed by atoms with Gasteiger partial charge in [0, 0.05) is 0 Å². The minimum atomic E-state index is -0.282. The first kappa shape index (κ1) is 10.3. The van der Waals surface area contributed by atoms with E-state index in [4.69, 9.17) is 22.4 Å². The minimum absolute atomic E-state index is 0.282. The molecule has 68 valence electrons. The van der Waals surface area contributed by atoms with Crippen molar-refractivity contribution >= 4 is 96.7 Å². The van der Waals surface area contributed by atoms with Crippen LogP contribution in [0.1, 0.15) is 0 Å². The van der Waals surface area contributed by atoms with Gasteiger partial charge in [0.05, 0.1) is 0 Å². The van der Waals surface area contributed by atoms with Crippen molar-refractivity contribution in [3.05, 3.63) is 0 Å². The van der Waals surface area contributed by atoms with E-state index in [0.717, 1.165) is 12.4 Å². The van der Waals surface area contributed by atoms with E-state index in [1.54, 1.807) is 8.88 Å². The summed E-state index contributed by atoms with van der Waals surface area (Å²) in [6.07, 6.45) is 1.59. The first-order chi connectivity index (χ1) is 5.82. The third kappa shape index (κ3) is 1.41. The standard InChI is InChI=1S/HP5S7/c6-8-9-10-11-12(7)4-3-2-1-5(2,3)4/h5H. The average molecular weight is 380 g/mol. The van der Waals surface area contributed by atoms with E-state index in [1.165, 1.54) is 8.88 Å². The van der Waals surface area contributed by atoms with Crippen LogP contribution < -0.4 is 0 Å². The molecule has 0 aromatic rings. The van der Waals surface area contributed by atoms with Crippen LogP contribution in [-0.4, -0.2) is 0 Å². The van der Waals surface area contributed by atoms with Crippen LogP contribution in [0.25, 0.3) is 0 Å². The molecule has 3 aliphatic rings. The van der Waals surface area contributed by atoms with Crippen molar-refractivity contribution < 1.29 is 0 Å². The van der Waals surface area contributed by atoms with Gasteiger partial charge in [-0.1, -0.05) is 0 Å². The molecule has 3 rings (SSSR count). The van der Waals surface area contributed by atoms with Crippen LogP contribution in [0.2, 0.25) is 0 Å². The normalized spacial score (nSPS) is 35.8. The average Bonchev–Trinajstić information content (AvgIpc) is 2.89. The molecule has 0 amide bonds. The summed E-state index contributed by atoms with van der Waals surface area (Å²) >= 11 is 10.3. The molecule has 0 N–H and O–H groups in total. The maximum absolute atomic E-state index is 5.54. The fraction of sp³-hybridized carbons (Fsp3) is 0. The number of hydrogen-bond donors (Lipinski definition) is 0. The van der Waals surface area contributed by atoms with Gasteiger partial charge < -0.3 is 0 Å². The molecule has 0 fully saturated rings. The Kier molecular flexibility index (Phi) is 3.09. The van der Waals surface area contributed by atoms with Crippen LogP contribution >= 0.6 is 31.6 Å². The van der Waals surface area contributed by atoms with Crippen LogP contribution in [0.15, 0.2) is 0 Å². The second kappa shape index (κ2) is 3.59. The van der Waals surface area contributed by atoms with Crippen LogP contribution in [-0.2, 0) is 65.1 Å². The molecule has 3 unspecified atom stereocenters. The Bertz CT molecular complexity index is 776. The molecule has 0 bridgehead atoms. The number of hydrogen-bond acceptors (Lipinski definition) is 2. The Morgan fingerprint density at radius 3 is 2.67 bits per heavy atom. The van der Waals surface area contributed by atoms with E-state index >= 15 is 0 Å². The van der Waals surface area contributed by atoms with Crippen molar-refractivity contribution in [1.82, 2.24) is 0 Å². The number of rotatable bonds is 0. The topological polar surface area (TPSA) is 0 Å². The summed E-state index contributed by atoms with van der Waals surface area (Å²) in [5.41, 5.74) is 0.548. The molecule has 12 heteroatoms.